The van der Waals surface area contributed by atoms with E-state index in [1.807, 2.05) is 6.07 Å². The molecule has 0 saturated heterocycles. The van der Waals surface area contributed by atoms with Crippen LogP contribution in [-0.2, 0) is 0 Å². The maximum atomic E-state index is 6.39. The molecule has 11 rings (SSSR count). The summed E-state index contributed by atoms with van der Waals surface area (Å²) in [6.45, 7) is 0. The van der Waals surface area contributed by atoms with E-state index in [2.05, 4.69) is 187 Å². The van der Waals surface area contributed by atoms with E-state index < -0.39 is 0 Å². The topological polar surface area (TPSA) is 16.4 Å². The molecule has 0 saturated carbocycles. The second kappa shape index (κ2) is 11.3. The van der Waals surface area contributed by atoms with Gasteiger partial charge in [-0.1, -0.05) is 140 Å². The molecule has 0 fully saturated rings. The lowest BCUT2D eigenvalue weighted by molar-refractivity contribution is 0.669. The SMILES string of the molecule is c1ccc(N(c2ccc3ccccc3c2)c2ccc3ccccc3c2)c(-c2cccc3c4ccc5oc6ccccc6c5c4c4ccccc4c23)c1. The van der Waals surface area contributed by atoms with E-state index in [1.54, 1.807) is 0 Å². The van der Waals surface area contributed by atoms with Crippen molar-refractivity contribution in [2.75, 3.05) is 4.90 Å². The second-order valence-corrected chi connectivity index (χ2v) is 13.6. The Hall–Kier alpha value is -6.90. The zero-order chi connectivity index (χ0) is 34.2. The minimum Gasteiger partial charge on any atom is -0.456 e. The van der Waals surface area contributed by atoms with Crippen molar-refractivity contribution in [1.29, 1.82) is 0 Å². The van der Waals surface area contributed by atoms with E-state index in [-0.39, 0.29) is 0 Å². The van der Waals surface area contributed by atoms with Crippen molar-refractivity contribution in [2.24, 2.45) is 0 Å². The molecule has 1 aromatic heterocycles. The molecule has 0 amide bonds. The number of benzene rings is 10. The Morgan fingerprint density at radius 2 is 0.827 bits per heavy atom. The summed E-state index contributed by atoms with van der Waals surface area (Å²) < 4.78 is 6.39. The Kier molecular flexibility index (Phi) is 6.28. The average Bonchev–Trinajstić information content (AvgIpc) is 3.60. The molecule has 52 heavy (non-hydrogen) atoms. The summed E-state index contributed by atoms with van der Waals surface area (Å²) in [7, 11) is 0. The molecule has 242 valence electrons. The van der Waals surface area contributed by atoms with Gasteiger partial charge in [0, 0.05) is 33.1 Å². The third-order valence-electron chi connectivity index (χ3n) is 10.8. The van der Waals surface area contributed by atoms with Crippen LogP contribution in [0.4, 0.5) is 17.1 Å². The van der Waals surface area contributed by atoms with Gasteiger partial charge in [-0.15, -0.1) is 0 Å². The fourth-order valence-corrected chi connectivity index (χ4v) is 8.49. The third-order valence-corrected chi connectivity index (χ3v) is 10.8. The number of nitrogens with zero attached hydrogens (tertiary/aromatic N) is 1. The molecule has 2 nitrogen and oxygen atoms in total. The first-order valence-electron chi connectivity index (χ1n) is 17.8. The van der Waals surface area contributed by atoms with Crippen molar-refractivity contribution in [2.45, 2.75) is 0 Å². The molecule has 11 aromatic rings. The molecule has 0 aliphatic rings. The Labute approximate surface area is 300 Å². The van der Waals surface area contributed by atoms with Gasteiger partial charge in [-0.3, -0.25) is 0 Å². The maximum absolute atomic E-state index is 6.39. The van der Waals surface area contributed by atoms with Crippen LogP contribution in [0.25, 0.3) is 86.9 Å². The number of furan rings is 1. The molecule has 0 aliphatic carbocycles. The molecule has 0 bridgehead atoms. The van der Waals surface area contributed by atoms with Crippen LogP contribution >= 0.6 is 0 Å². The first kappa shape index (κ1) is 28.9. The van der Waals surface area contributed by atoms with Gasteiger partial charge in [0.25, 0.3) is 0 Å². The molecule has 0 atom stereocenters. The summed E-state index contributed by atoms with van der Waals surface area (Å²) in [6.07, 6.45) is 0. The number of hydrogen-bond donors (Lipinski definition) is 0. The highest BCUT2D eigenvalue weighted by atomic mass is 16.3. The summed E-state index contributed by atoms with van der Waals surface area (Å²) >= 11 is 0. The standard InChI is InChI=1S/C50H31NO/c1-3-14-34-30-36(26-24-32(34)12-1)51(37-27-25-33-13-2-4-15-35(33)31-37)45-22-9-7-16-38(45)39-20-11-21-41-43-28-29-47-50(44-19-8-10-23-46(44)52-47)49(43)42-18-6-5-17-40(42)48(39)41/h1-31H. The Morgan fingerprint density at radius 3 is 1.54 bits per heavy atom. The highest BCUT2D eigenvalue weighted by Gasteiger charge is 2.22. The van der Waals surface area contributed by atoms with Crippen molar-refractivity contribution in [3.63, 3.8) is 0 Å². The second-order valence-electron chi connectivity index (χ2n) is 13.6. The normalized spacial score (nSPS) is 11.8. The van der Waals surface area contributed by atoms with Crippen LogP contribution in [0.2, 0.25) is 0 Å². The molecule has 1 heterocycles. The first-order chi connectivity index (χ1) is 25.8. The van der Waals surface area contributed by atoms with Gasteiger partial charge >= 0.3 is 0 Å². The van der Waals surface area contributed by atoms with Gasteiger partial charge in [0.05, 0.1) is 5.69 Å². The molecule has 2 heteroatoms. The van der Waals surface area contributed by atoms with Gasteiger partial charge in [-0.25, -0.2) is 0 Å². The lowest BCUT2D eigenvalue weighted by atomic mass is 9.87. The highest BCUT2D eigenvalue weighted by molar-refractivity contribution is 6.36. The minimum absolute atomic E-state index is 0.916. The van der Waals surface area contributed by atoms with Crippen LogP contribution in [-0.4, -0.2) is 0 Å². The van der Waals surface area contributed by atoms with Crippen molar-refractivity contribution < 1.29 is 4.42 Å². The number of hydrogen-bond acceptors (Lipinski definition) is 2. The predicted octanol–water partition coefficient (Wildman–Crippen LogP) is 14.5. The van der Waals surface area contributed by atoms with Crippen LogP contribution in [0.15, 0.2) is 192 Å². The van der Waals surface area contributed by atoms with E-state index in [1.165, 1.54) is 70.4 Å². The molecular formula is C50H31NO. The molecule has 10 aromatic carbocycles. The average molecular weight is 662 g/mol. The summed E-state index contributed by atoms with van der Waals surface area (Å²) in [5.41, 5.74) is 7.57. The van der Waals surface area contributed by atoms with Gasteiger partial charge in [0.1, 0.15) is 11.2 Å². The van der Waals surface area contributed by atoms with Crippen molar-refractivity contribution in [3.05, 3.63) is 188 Å². The maximum Gasteiger partial charge on any atom is 0.136 e. The van der Waals surface area contributed by atoms with E-state index in [0.29, 0.717) is 0 Å². The van der Waals surface area contributed by atoms with E-state index in [4.69, 9.17) is 4.42 Å². The predicted molar refractivity (Wildman–Crippen MR) is 221 cm³/mol. The van der Waals surface area contributed by atoms with E-state index in [9.17, 15) is 0 Å². The molecule has 0 aliphatic heterocycles. The molecule has 0 unspecified atom stereocenters. The fourth-order valence-electron chi connectivity index (χ4n) is 8.49. The van der Waals surface area contributed by atoms with Gasteiger partial charge in [0.15, 0.2) is 0 Å². The molecule has 0 radical (unpaired) electrons. The van der Waals surface area contributed by atoms with Crippen molar-refractivity contribution >= 4 is 92.9 Å². The van der Waals surface area contributed by atoms with Gasteiger partial charge in [0.2, 0.25) is 0 Å². The quantitative estimate of drug-likeness (QED) is 0.175. The van der Waals surface area contributed by atoms with E-state index in [0.717, 1.165) is 33.6 Å². The zero-order valence-corrected chi connectivity index (χ0v) is 28.3. The summed E-state index contributed by atoms with van der Waals surface area (Å²) in [6, 6.07) is 68.2. The highest BCUT2D eigenvalue weighted by Crippen LogP contribution is 2.48. The van der Waals surface area contributed by atoms with Crippen LogP contribution in [0, 0.1) is 0 Å². The smallest absolute Gasteiger partial charge is 0.136 e. The Morgan fingerprint density at radius 1 is 0.308 bits per heavy atom. The first-order valence-corrected chi connectivity index (χ1v) is 17.8. The number of anilines is 3. The number of fused-ring (bicyclic) bond motifs is 12. The summed E-state index contributed by atoms with van der Waals surface area (Å²) in [5.74, 6) is 0. The largest absolute Gasteiger partial charge is 0.456 e. The Balaban J connectivity index is 1.23. The fraction of sp³-hybridized carbons (Fsp3) is 0. The molecule has 0 spiro atoms. The van der Waals surface area contributed by atoms with Crippen LogP contribution < -0.4 is 4.90 Å². The summed E-state index contributed by atoms with van der Waals surface area (Å²) in [4.78, 5) is 2.43. The van der Waals surface area contributed by atoms with Crippen LogP contribution in [0.5, 0.6) is 0 Å². The zero-order valence-electron chi connectivity index (χ0n) is 28.3. The van der Waals surface area contributed by atoms with Crippen molar-refractivity contribution in [3.8, 4) is 11.1 Å². The molecular weight excluding hydrogens is 631 g/mol. The van der Waals surface area contributed by atoms with Gasteiger partial charge < -0.3 is 9.32 Å². The van der Waals surface area contributed by atoms with Crippen molar-refractivity contribution in [1.82, 2.24) is 0 Å². The number of para-hydroxylation sites is 2. The molecule has 0 N–H and O–H groups in total. The van der Waals surface area contributed by atoms with Crippen LogP contribution in [0.3, 0.4) is 0 Å². The lowest BCUT2D eigenvalue weighted by Crippen LogP contribution is -2.11. The van der Waals surface area contributed by atoms with E-state index >= 15 is 0 Å². The van der Waals surface area contributed by atoms with Crippen LogP contribution in [0.1, 0.15) is 0 Å². The minimum atomic E-state index is 0.916. The third kappa shape index (κ3) is 4.31. The number of rotatable bonds is 4. The Bertz CT molecular complexity index is 3100. The van der Waals surface area contributed by atoms with Gasteiger partial charge in [-0.05, 0) is 103 Å². The van der Waals surface area contributed by atoms with Gasteiger partial charge in [-0.2, -0.15) is 0 Å². The lowest BCUT2D eigenvalue weighted by Gasteiger charge is -2.29. The summed E-state index contributed by atoms with van der Waals surface area (Å²) in [5, 5.41) is 14.6. The monoisotopic (exact) mass is 661 g/mol.